The van der Waals surface area contributed by atoms with Crippen molar-refractivity contribution in [3.63, 3.8) is 0 Å². The molecule has 0 aliphatic rings. The number of hydrogen-bond donors (Lipinski definition) is 0. The van der Waals surface area contributed by atoms with Gasteiger partial charge < -0.3 is 9.47 Å². The van der Waals surface area contributed by atoms with E-state index in [1.165, 1.54) is 5.56 Å². The molecule has 0 saturated carbocycles. The smallest absolute Gasteiger partial charge is 0.161 e. The van der Waals surface area contributed by atoms with E-state index in [9.17, 15) is 0 Å². The summed E-state index contributed by atoms with van der Waals surface area (Å²) in [5, 5.41) is 0.802. The molecule has 0 saturated heterocycles. The Morgan fingerprint density at radius 3 is 2.39 bits per heavy atom. The maximum absolute atomic E-state index is 5.60. The third-order valence-electron chi connectivity index (χ3n) is 2.61. The molecule has 0 amide bonds. The first-order valence-corrected chi connectivity index (χ1v) is 6.89. The van der Waals surface area contributed by atoms with Crippen molar-refractivity contribution in [3.05, 3.63) is 48.5 Å². The number of ether oxygens (including phenoxy) is 2. The fourth-order valence-corrected chi connectivity index (χ4v) is 1.91. The van der Waals surface area contributed by atoms with E-state index < -0.39 is 0 Å². The summed E-state index contributed by atoms with van der Waals surface area (Å²) in [6.45, 7) is 0.626. The summed E-state index contributed by atoms with van der Waals surface area (Å²) < 4.78 is 11.0. The van der Waals surface area contributed by atoms with E-state index in [0.29, 0.717) is 6.61 Å². The molecule has 0 aromatic heterocycles. The molecule has 0 fully saturated rings. The van der Waals surface area contributed by atoms with Gasteiger partial charge in [0.15, 0.2) is 11.5 Å². The number of hydrogen-bond acceptors (Lipinski definition) is 2. The fraction of sp³-hybridized carbons (Fsp3) is 0.200. The number of halogens is 1. The molecule has 0 radical (unpaired) electrons. The van der Waals surface area contributed by atoms with Crippen molar-refractivity contribution in [2.24, 2.45) is 0 Å². The van der Waals surface area contributed by atoms with Gasteiger partial charge in [0, 0.05) is 5.33 Å². The zero-order valence-electron chi connectivity index (χ0n) is 10.2. The Morgan fingerprint density at radius 1 is 0.944 bits per heavy atom. The second kappa shape index (κ2) is 6.45. The van der Waals surface area contributed by atoms with Crippen molar-refractivity contribution >= 4 is 15.9 Å². The first-order valence-electron chi connectivity index (χ1n) is 5.77. The molecule has 0 aliphatic carbocycles. The molecule has 0 heterocycles. The van der Waals surface area contributed by atoms with E-state index in [1.54, 1.807) is 7.11 Å². The topological polar surface area (TPSA) is 18.5 Å². The molecule has 0 aliphatic heterocycles. The Kier molecular flexibility index (Phi) is 4.65. The van der Waals surface area contributed by atoms with Crippen molar-refractivity contribution in [2.45, 2.75) is 0 Å². The second-order valence-electron chi connectivity index (χ2n) is 3.77. The largest absolute Gasteiger partial charge is 0.493 e. The minimum Gasteiger partial charge on any atom is -0.493 e. The first-order chi connectivity index (χ1) is 8.85. The van der Waals surface area contributed by atoms with Gasteiger partial charge in [-0.15, -0.1) is 0 Å². The summed E-state index contributed by atoms with van der Waals surface area (Å²) in [6.07, 6.45) is 0. The monoisotopic (exact) mass is 306 g/mol. The lowest BCUT2D eigenvalue weighted by Crippen LogP contribution is -1.99. The van der Waals surface area contributed by atoms with Crippen molar-refractivity contribution in [2.75, 3.05) is 19.0 Å². The second-order valence-corrected chi connectivity index (χ2v) is 4.56. The third-order valence-corrected chi connectivity index (χ3v) is 2.93. The molecule has 2 aromatic rings. The fourth-order valence-electron chi connectivity index (χ4n) is 1.75. The van der Waals surface area contributed by atoms with Crippen molar-refractivity contribution in [1.82, 2.24) is 0 Å². The molecule has 18 heavy (non-hydrogen) atoms. The van der Waals surface area contributed by atoms with Gasteiger partial charge >= 0.3 is 0 Å². The van der Waals surface area contributed by atoms with E-state index in [0.717, 1.165) is 22.4 Å². The van der Waals surface area contributed by atoms with Crippen molar-refractivity contribution < 1.29 is 9.47 Å². The van der Waals surface area contributed by atoms with Gasteiger partial charge in [-0.2, -0.15) is 0 Å². The van der Waals surface area contributed by atoms with Crippen molar-refractivity contribution in [1.29, 1.82) is 0 Å². The van der Waals surface area contributed by atoms with Crippen LogP contribution in [0.5, 0.6) is 11.5 Å². The summed E-state index contributed by atoms with van der Waals surface area (Å²) in [4.78, 5) is 0. The van der Waals surface area contributed by atoms with E-state index in [1.807, 2.05) is 36.4 Å². The van der Waals surface area contributed by atoms with Crippen LogP contribution in [0.1, 0.15) is 0 Å². The zero-order chi connectivity index (χ0) is 12.8. The van der Waals surface area contributed by atoms with Gasteiger partial charge in [-0.25, -0.2) is 0 Å². The van der Waals surface area contributed by atoms with Crippen LogP contribution in [0.4, 0.5) is 0 Å². The van der Waals surface area contributed by atoms with Crippen LogP contribution >= 0.6 is 15.9 Å². The summed E-state index contributed by atoms with van der Waals surface area (Å²) in [5.41, 5.74) is 2.29. The normalized spacial score (nSPS) is 10.1. The highest BCUT2D eigenvalue weighted by molar-refractivity contribution is 9.09. The van der Waals surface area contributed by atoms with E-state index in [2.05, 4.69) is 28.1 Å². The van der Waals surface area contributed by atoms with Crippen LogP contribution in [0.25, 0.3) is 11.1 Å². The molecule has 2 aromatic carbocycles. The predicted octanol–water partition coefficient (Wildman–Crippen LogP) is 4.14. The Morgan fingerprint density at radius 2 is 1.72 bits per heavy atom. The van der Waals surface area contributed by atoms with Crippen LogP contribution < -0.4 is 9.47 Å². The van der Waals surface area contributed by atoms with E-state index in [-0.39, 0.29) is 0 Å². The van der Waals surface area contributed by atoms with Crippen LogP contribution in [-0.4, -0.2) is 19.0 Å². The van der Waals surface area contributed by atoms with Crippen LogP contribution in [-0.2, 0) is 0 Å². The van der Waals surface area contributed by atoms with Crippen LogP contribution in [0.2, 0.25) is 0 Å². The quantitative estimate of drug-likeness (QED) is 0.773. The van der Waals surface area contributed by atoms with Gasteiger partial charge in [-0.1, -0.05) is 52.3 Å². The Bertz CT molecular complexity index is 497. The molecule has 2 rings (SSSR count). The molecule has 0 N–H and O–H groups in total. The summed E-state index contributed by atoms with van der Waals surface area (Å²) in [5.74, 6) is 1.54. The summed E-state index contributed by atoms with van der Waals surface area (Å²) in [6, 6.07) is 16.2. The lowest BCUT2D eigenvalue weighted by Gasteiger charge is -2.11. The number of rotatable bonds is 5. The molecule has 0 bridgehead atoms. The molecule has 0 atom stereocenters. The van der Waals surface area contributed by atoms with E-state index in [4.69, 9.17) is 9.47 Å². The van der Waals surface area contributed by atoms with Gasteiger partial charge in [-0.3, -0.25) is 0 Å². The molecule has 94 valence electrons. The highest BCUT2D eigenvalue weighted by atomic mass is 79.9. The maximum Gasteiger partial charge on any atom is 0.161 e. The van der Waals surface area contributed by atoms with Crippen LogP contribution in [0.3, 0.4) is 0 Å². The van der Waals surface area contributed by atoms with Gasteiger partial charge in [0.25, 0.3) is 0 Å². The van der Waals surface area contributed by atoms with Gasteiger partial charge in [0.2, 0.25) is 0 Å². The zero-order valence-corrected chi connectivity index (χ0v) is 11.8. The average molecular weight is 307 g/mol. The maximum atomic E-state index is 5.60. The molecular weight excluding hydrogens is 292 g/mol. The third kappa shape index (κ3) is 3.05. The summed E-state index contributed by atoms with van der Waals surface area (Å²) in [7, 11) is 1.66. The highest BCUT2D eigenvalue weighted by Gasteiger charge is 2.06. The summed E-state index contributed by atoms with van der Waals surface area (Å²) >= 11 is 3.34. The highest BCUT2D eigenvalue weighted by Crippen LogP contribution is 2.32. The SMILES string of the molecule is COc1cc(-c2ccccc2)ccc1OCCBr. The number of alkyl halides is 1. The molecular formula is C15H15BrO2. The molecule has 0 spiro atoms. The van der Waals surface area contributed by atoms with Crippen LogP contribution in [0.15, 0.2) is 48.5 Å². The lowest BCUT2D eigenvalue weighted by molar-refractivity contribution is 0.314. The number of benzene rings is 2. The Hall–Kier alpha value is -1.48. The van der Waals surface area contributed by atoms with Crippen LogP contribution in [0, 0.1) is 0 Å². The molecule has 0 unspecified atom stereocenters. The minimum absolute atomic E-state index is 0.626. The van der Waals surface area contributed by atoms with Crippen molar-refractivity contribution in [3.8, 4) is 22.6 Å². The standard InChI is InChI=1S/C15H15BrO2/c1-17-15-11-13(12-5-3-2-4-6-12)7-8-14(15)18-10-9-16/h2-8,11H,9-10H2,1H3. The molecule has 3 heteroatoms. The number of methoxy groups -OCH3 is 1. The Balaban J connectivity index is 2.30. The Labute approximate surface area is 116 Å². The van der Waals surface area contributed by atoms with Gasteiger partial charge in [0.1, 0.15) is 0 Å². The average Bonchev–Trinajstić information content (AvgIpc) is 2.46. The predicted molar refractivity (Wildman–Crippen MR) is 77.7 cm³/mol. The first kappa shape index (κ1) is 13.0. The van der Waals surface area contributed by atoms with E-state index >= 15 is 0 Å². The van der Waals surface area contributed by atoms with Gasteiger partial charge in [-0.05, 0) is 23.3 Å². The lowest BCUT2D eigenvalue weighted by atomic mass is 10.1. The molecule has 2 nitrogen and oxygen atoms in total. The minimum atomic E-state index is 0.626. The van der Waals surface area contributed by atoms with Gasteiger partial charge in [0.05, 0.1) is 13.7 Å².